The fourth-order valence-electron chi connectivity index (χ4n) is 2.64. The number of benzene rings is 1. The molecular formula is C13H17N3. The normalized spacial score (nSPS) is 26.1. The molecule has 2 atom stereocenters. The Morgan fingerprint density at radius 3 is 2.94 bits per heavy atom. The maximum absolute atomic E-state index is 6.02. The minimum atomic E-state index is 0.354. The first-order valence-corrected chi connectivity index (χ1v) is 6.03. The smallest absolute Gasteiger partial charge is 0.110 e. The Bertz CT molecular complexity index is 456. The monoisotopic (exact) mass is 215 g/mol. The molecule has 1 aromatic carbocycles. The number of nitrogens with zero attached hydrogens (tertiary/aromatic N) is 1. The van der Waals surface area contributed by atoms with Crippen LogP contribution < -0.4 is 5.73 Å². The summed E-state index contributed by atoms with van der Waals surface area (Å²) in [6.07, 6.45) is 4.67. The van der Waals surface area contributed by atoms with E-state index in [1.165, 1.54) is 12.8 Å². The fraction of sp³-hybridized carbons (Fsp3) is 0.462. The molecule has 16 heavy (non-hydrogen) atoms. The number of aromatic nitrogens is 2. The number of imidazole rings is 1. The highest BCUT2D eigenvalue weighted by Crippen LogP contribution is 2.31. The van der Waals surface area contributed by atoms with Crippen molar-refractivity contribution in [2.75, 3.05) is 0 Å². The van der Waals surface area contributed by atoms with Crippen molar-refractivity contribution >= 4 is 11.0 Å². The molecule has 1 fully saturated rings. The summed E-state index contributed by atoms with van der Waals surface area (Å²) in [6, 6.07) is 8.55. The van der Waals surface area contributed by atoms with E-state index in [4.69, 9.17) is 5.73 Å². The molecule has 3 nitrogen and oxygen atoms in total. The topological polar surface area (TPSA) is 54.7 Å². The largest absolute Gasteiger partial charge is 0.342 e. The Morgan fingerprint density at radius 2 is 2.12 bits per heavy atom. The van der Waals surface area contributed by atoms with Gasteiger partial charge in [0, 0.05) is 12.0 Å². The Labute approximate surface area is 95.1 Å². The lowest BCUT2D eigenvalue weighted by molar-refractivity contribution is 0.384. The second kappa shape index (κ2) is 3.91. The highest BCUT2D eigenvalue weighted by molar-refractivity contribution is 5.74. The molecule has 0 bridgehead atoms. The van der Waals surface area contributed by atoms with Crippen molar-refractivity contribution in [1.29, 1.82) is 0 Å². The molecule has 3 N–H and O–H groups in total. The number of nitrogens with two attached hydrogens (primary N) is 1. The highest BCUT2D eigenvalue weighted by Gasteiger charge is 2.23. The summed E-state index contributed by atoms with van der Waals surface area (Å²) in [7, 11) is 0. The van der Waals surface area contributed by atoms with E-state index in [-0.39, 0.29) is 0 Å². The number of aromatic amines is 1. The molecule has 0 unspecified atom stereocenters. The zero-order valence-corrected chi connectivity index (χ0v) is 9.32. The molecule has 0 spiro atoms. The van der Waals surface area contributed by atoms with Crippen LogP contribution in [0.4, 0.5) is 0 Å². The molecular weight excluding hydrogens is 198 g/mol. The van der Waals surface area contributed by atoms with E-state index in [1.807, 2.05) is 12.1 Å². The molecule has 0 aliphatic heterocycles. The lowest BCUT2D eigenvalue weighted by Gasteiger charge is -2.24. The van der Waals surface area contributed by atoms with Gasteiger partial charge in [-0.3, -0.25) is 0 Å². The standard InChI is InChI=1S/C13H17N3/c14-10-5-3-4-9(8-10)13-15-11-6-1-2-7-12(11)16-13/h1-2,6-7,9-10H,3-5,8,14H2,(H,15,16)/t9-,10+/m1/s1. The summed E-state index contributed by atoms with van der Waals surface area (Å²) in [4.78, 5) is 8.08. The summed E-state index contributed by atoms with van der Waals surface area (Å²) >= 11 is 0. The van der Waals surface area contributed by atoms with Crippen molar-refractivity contribution in [2.45, 2.75) is 37.6 Å². The molecule has 1 aromatic heterocycles. The van der Waals surface area contributed by atoms with Crippen LogP contribution >= 0.6 is 0 Å². The van der Waals surface area contributed by atoms with Gasteiger partial charge in [-0.05, 0) is 31.4 Å². The highest BCUT2D eigenvalue weighted by atomic mass is 14.9. The van der Waals surface area contributed by atoms with Crippen molar-refractivity contribution in [2.24, 2.45) is 5.73 Å². The maximum Gasteiger partial charge on any atom is 0.110 e. The third kappa shape index (κ3) is 1.71. The van der Waals surface area contributed by atoms with Gasteiger partial charge in [0.2, 0.25) is 0 Å². The Kier molecular flexibility index (Phi) is 2.40. The van der Waals surface area contributed by atoms with Crippen LogP contribution in [-0.4, -0.2) is 16.0 Å². The Hall–Kier alpha value is -1.35. The molecule has 1 heterocycles. The van der Waals surface area contributed by atoms with E-state index in [0.717, 1.165) is 29.7 Å². The minimum absolute atomic E-state index is 0.354. The van der Waals surface area contributed by atoms with Crippen molar-refractivity contribution in [1.82, 2.24) is 9.97 Å². The van der Waals surface area contributed by atoms with Crippen molar-refractivity contribution in [3.8, 4) is 0 Å². The van der Waals surface area contributed by atoms with Crippen LogP contribution in [0.2, 0.25) is 0 Å². The summed E-state index contributed by atoms with van der Waals surface area (Å²) in [5.41, 5.74) is 8.22. The van der Waals surface area contributed by atoms with Crippen molar-refractivity contribution in [3.05, 3.63) is 30.1 Å². The lowest BCUT2D eigenvalue weighted by atomic mass is 9.86. The van der Waals surface area contributed by atoms with Crippen LogP contribution in [0, 0.1) is 0 Å². The zero-order chi connectivity index (χ0) is 11.0. The molecule has 3 heteroatoms. The van der Waals surface area contributed by atoms with Gasteiger partial charge in [0.25, 0.3) is 0 Å². The third-order valence-electron chi connectivity index (χ3n) is 3.51. The molecule has 1 saturated carbocycles. The summed E-state index contributed by atoms with van der Waals surface area (Å²) in [6.45, 7) is 0. The molecule has 0 saturated heterocycles. The first kappa shape index (κ1) is 9.85. The first-order chi connectivity index (χ1) is 7.83. The quantitative estimate of drug-likeness (QED) is 0.768. The lowest BCUT2D eigenvalue weighted by Crippen LogP contribution is -2.27. The van der Waals surface area contributed by atoms with Gasteiger partial charge < -0.3 is 10.7 Å². The number of hydrogen-bond donors (Lipinski definition) is 2. The molecule has 0 amide bonds. The predicted molar refractivity (Wildman–Crippen MR) is 65.3 cm³/mol. The van der Waals surface area contributed by atoms with Gasteiger partial charge in [-0.15, -0.1) is 0 Å². The SMILES string of the molecule is N[C@H]1CCC[C@@H](c2nc3ccccc3[nH]2)C1. The maximum atomic E-state index is 6.02. The van der Waals surface area contributed by atoms with Crippen LogP contribution in [0.3, 0.4) is 0 Å². The number of H-pyrrole nitrogens is 1. The van der Waals surface area contributed by atoms with Gasteiger partial charge in [0.1, 0.15) is 5.82 Å². The average molecular weight is 215 g/mol. The van der Waals surface area contributed by atoms with E-state index in [1.54, 1.807) is 0 Å². The van der Waals surface area contributed by atoms with Crippen LogP contribution in [0.25, 0.3) is 11.0 Å². The Balaban J connectivity index is 1.93. The summed E-state index contributed by atoms with van der Waals surface area (Å²) in [5, 5.41) is 0. The second-order valence-electron chi connectivity index (χ2n) is 4.76. The van der Waals surface area contributed by atoms with Gasteiger partial charge in [-0.25, -0.2) is 4.98 Å². The molecule has 84 valence electrons. The molecule has 1 aliphatic rings. The van der Waals surface area contributed by atoms with E-state index in [2.05, 4.69) is 22.1 Å². The fourth-order valence-corrected chi connectivity index (χ4v) is 2.64. The summed E-state index contributed by atoms with van der Waals surface area (Å²) < 4.78 is 0. The molecule has 3 rings (SSSR count). The summed E-state index contributed by atoms with van der Waals surface area (Å²) in [5.74, 6) is 1.65. The number of fused-ring (bicyclic) bond motifs is 1. The van der Waals surface area contributed by atoms with E-state index >= 15 is 0 Å². The molecule has 2 aromatic rings. The predicted octanol–water partition coefficient (Wildman–Crippen LogP) is 2.55. The zero-order valence-electron chi connectivity index (χ0n) is 9.32. The third-order valence-corrected chi connectivity index (χ3v) is 3.51. The minimum Gasteiger partial charge on any atom is -0.342 e. The van der Waals surface area contributed by atoms with Gasteiger partial charge in [-0.2, -0.15) is 0 Å². The van der Waals surface area contributed by atoms with E-state index in [0.29, 0.717) is 12.0 Å². The molecule has 1 aliphatic carbocycles. The van der Waals surface area contributed by atoms with Gasteiger partial charge in [-0.1, -0.05) is 18.6 Å². The number of nitrogens with one attached hydrogen (secondary N) is 1. The number of rotatable bonds is 1. The van der Waals surface area contributed by atoms with Crippen LogP contribution in [0.5, 0.6) is 0 Å². The van der Waals surface area contributed by atoms with Crippen molar-refractivity contribution < 1.29 is 0 Å². The number of hydrogen-bond acceptors (Lipinski definition) is 2. The van der Waals surface area contributed by atoms with E-state index < -0.39 is 0 Å². The van der Waals surface area contributed by atoms with Gasteiger partial charge in [0.05, 0.1) is 11.0 Å². The number of para-hydroxylation sites is 2. The van der Waals surface area contributed by atoms with Gasteiger partial charge in [0.15, 0.2) is 0 Å². The van der Waals surface area contributed by atoms with E-state index in [9.17, 15) is 0 Å². The van der Waals surface area contributed by atoms with Crippen molar-refractivity contribution in [3.63, 3.8) is 0 Å². The molecule has 0 radical (unpaired) electrons. The first-order valence-electron chi connectivity index (χ1n) is 6.03. The average Bonchev–Trinajstić information content (AvgIpc) is 2.72. The Morgan fingerprint density at radius 1 is 1.25 bits per heavy atom. The van der Waals surface area contributed by atoms with Crippen LogP contribution in [0.15, 0.2) is 24.3 Å². The van der Waals surface area contributed by atoms with Crippen LogP contribution in [0.1, 0.15) is 37.4 Å². The van der Waals surface area contributed by atoms with Gasteiger partial charge >= 0.3 is 0 Å². The van der Waals surface area contributed by atoms with Crippen LogP contribution in [-0.2, 0) is 0 Å². The second-order valence-corrected chi connectivity index (χ2v) is 4.76.